The van der Waals surface area contributed by atoms with Crippen molar-refractivity contribution in [2.75, 3.05) is 20.1 Å². The first-order chi connectivity index (χ1) is 5.09. The molecule has 66 valence electrons. The van der Waals surface area contributed by atoms with Crippen LogP contribution in [0.5, 0.6) is 0 Å². The molecule has 3 heteroatoms. The maximum Gasteiger partial charge on any atom is 0.224 e. The molecule has 0 fully saturated rings. The van der Waals surface area contributed by atoms with Gasteiger partial charge in [0.2, 0.25) is 5.91 Å². The van der Waals surface area contributed by atoms with Crippen LogP contribution in [0.25, 0.3) is 0 Å². The van der Waals surface area contributed by atoms with E-state index in [1.807, 2.05) is 20.9 Å². The summed E-state index contributed by atoms with van der Waals surface area (Å²) >= 11 is 0. The maximum absolute atomic E-state index is 11.2. The Labute approximate surface area is 68.6 Å². The van der Waals surface area contributed by atoms with Crippen LogP contribution in [0.4, 0.5) is 0 Å². The summed E-state index contributed by atoms with van der Waals surface area (Å²) in [7, 11) is 1.82. The van der Waals surface area contributed by atoms with E-state index in [2.05, 4.69) is 0 Å². The Bertz CT molecular complexity index is 123. The Hall–Kier alpha value is -0.570. The Morgan fingerprint density at radius 3 is 2.45 bits per heavy atom. The minimum absolute atomic E-state index is 0.0952. The molecule has 0 atom stereocenters. The van der Waals surface area contributed by atoms with Crippen molar-refractivity contribution >= 4 is 5.91 Å². The van der Waals surface area contributed by atoms with E-state index < -0.39 is 0 Å². The Morgan fingerprint density at radius 2 is 2.09 bits per heavy atom. The Balaban J connectivity index is 3.64. The second-order valence-corrected chi connectivity index (χ2v) is 3.06. The second-order valence-electron chi connectivity index (χ2n) is 3.06. The topological polar surface area (TPSA) is 46.3 Å². The van der Waals surface area contributed by atoms with Crippen LogP contribution in [0, 0.1) is 5.92 Å². The van der Waals surface area contributed by atoms with Gasteiger partial charge in [-0.2, -0.15) is 0 Å². The number of rotatable bonds is 4. The average Bonchev–Trinajstić information content (AvgIpc) is 1.98. The molecule has 3 nitrogen and oxygen atoms in total. The van der Waals surface area contributed by atoms with E-state index in [4.69, 9.17) is 5.73 Å². The van der Waals surface area contributed by atoms with Crippen molar-refractivity contribution in [3.05, 3.63) is 0 Å². The van der Waals surface area contributed by atoms with E-state index in [1.165, 1.54) is 0 Å². The van der Waals surface area contributed by atoms with Gasteiger partial charge in [0.15, 0.2) is 0 Å². The van der Waals surface area contributed by atoms with Crippen molar-refractivity contribution in [2.24, 2.45) is 11.7 Å². The molecular weight excluding hydrogens is 140 g/mol. The lowest BCUT2D eigenvalue weighted by molar-refractivity contribution is -0.133. The average molecular weight is 158 g/mol. The van der Waals surface area contributed by atoms with Gasteiger partial charge < -0.3 is 10.6 Å². The lowest BCUT2D eigenvalue weighted by atomic mass is 10.2. The lowest BCUT2D eigenvalue weighted by Gasteiger charge is -2.18. The molecule has 11 heavy (non-hydrogen) atoms. The molecule has 0 aromatic rings. The third-order valence-electron chi connectivity index (χ3n) is 1.57. The fraction of sp³-hybridized carbons (Fsp3) is 0.875. The monoisotopic (exact) mass is 158 g/mol. The van der Waals surface area contributed by atoms with Gasteiger partial charge in [-0.3, -0.25) is 4.79 Å². The molecule has 0 aliphatic carbocycles. The van der Waals surface area contributed by atoms with E-state index in [0.717, 1.165) is 13.0 Å². The van der Waals surface area contributed by atoms with Crippen LogP contribution in [0.2, 0.25) is 0 Å². The minimum Gasteiger partial charge on any atom is -0.345 e. The van der Waals surface area contributed by atoms with E-state index in [-0.39, 0.29) is 11.8 Å². The zero-order valence-electron chi connectivity index (χ0n) is 7.63. The van der Waals surface area contributed by atoms with Gasteiger partial charge in [0.05, 0.1) is 0 Å². The predicted molar refractivity (Wildman–Crippen MR) is 46.1 cm³/mol. The normalized spacial score (nSPS) is 10.3. The molecule has 0 aliphatic rings. The number of nitrogens with zero attached hydrogens (tertiary/aromatic N) is 1. The first-order valence-corrected chi connectivity index (χ1v) is 4.04. The lowest BCUT2D eigenvalue weighted by Crippen LogP contribution is -2.32. The van der Waals surface area contributed by atoms with E-state index in [9.17, 15) is 4.79 Å². The van der Waals surface area contributed by atoms with Crippen molar-refractivity contribution in [2.45, 2.75) is 20.3 Å². The van der Waals surface area contributed by atoms with Crippen molar-refractivity contribution in [3.8, 4) is 0 Å². The molecule has 0 rings (SSSR count). The summed E-state index contributed by atoms with van der Waals surface area (Å²) < 4.78 is 0. The molecule has 0 aromatic carbocycles. The molecule has 0 unspecified atom stereocenters. The van der Waals surface area contributed by atoms with Gasteiger partial charge >= 0.3 is 0 Å². The second kappa shape index (κ2) is 5.13. The van der Waals surface area contributed by atoms with Gasteiger partial charge in [-0.25, -0.2) is 0 Å². The summed E-state index contributed by atoms with van der Waals surface area (Å²) in [4.78, 5) is 13.0. The summed E-state index contributed by atoms with van der Waals surface area (Å²) in [6, 6.07) is 0. The highest BCUT2D eigenvalue weighted by atomic mass is 16.2. The molecule has 0 bridgehead atoms. The van der Waals surface area contributed by atoms with E-state index >= 15 is 0 Å². The Morgan fingerprint density at radius 1 is 1.55 bits per heavy atom. The van der Waals surface area contributed by atoms with Crippen LogP contribution < -0.4 is 5.73 Å². The van der Waals surface area contributed by atoms with Crippen LogP contribution in [0.15, 0.2) is 0 Å². The molecule has 0 heterocycles. The zero-order chi connectivity index (χ0) is 8.85. The van der Waals surface area contributed by atoms with E-state index in [1.54, 1.807) is 4.90 Å². The standard InChI is InChI=1S/C8H18N2O/c1-7(2)8(11)10(3)6-4-5-9/h7H,4-6,9H2,1-3H3. The fourth-order valence-corrected chi connectivity index (χ4v) is 0.879. The smallest absolute Gasteiger partial charge is 0.224 e. The summed E-state index contributed by atoms with van der Waals surface area (Å²) in [5.74, 6) is 0.288. The predicted octanol–water partition coefficient (Wildman–Crippen LogP) is 0.450. The first-order valence-electron chi connectivity index (χ1n) is 4.04. The van der Waals surface area contributed by atoms with Crippen molar-refractivity contribution in [1.29, 1.82) is 0 Å². The van der Waals surface area contributed by atoms with Crippen molar-refractivity contribution < 1.29 is 4.79 Å². The molecule has 0 radical (unpaired) electrons. The number of amides is 1. The van der Waals surface area contributed by atoms with Crippen molar-refractivity contribution in [1.82, 2.24) is 4.90 Å². The first kappa shape index (κ1) is 10.4. The maximum atomic E-state index is 11.2. The molecule has 0 aromatic heterocycles. The summed E-state index contributed by atoms with van der Waals surface area (Å²) in [5, 5.41) is 0. The van der Waals surface area contributed by atoms with Gasteiger partial charge in [0, 0.05) is 19.5 Å². The van der Waals surface area contributed by atoms with Crippen LogP contribution in [-0.4, -0.2) is 30.9 Å². The molecule has 0 spiro atoms. The molecule has 2 N–H and O–H groups in total. The number of nitrogens with two attached hydrogens (primary N) is 1. The van der Waals surface area contributed by atoms with E-state index in [0.29, 0.717) is 6.54 Å². The summed E-state index contributed by atoms with van der Waals surface area (Å²) in [5.41, 5.74) is 5.32. The largest absolute Gasteiger partial charge is 0.345 e. The third kappa shape index (κ3) is 3.98. The van der Waals surface area contributed by atoms with Crippen molar-refractivity contribution in [3.63, 3.8) is 0 Å². The molecular formula is C8H18N2O. The van der Waals surface area contributed by atoms with Gasteiger partial charge in [-0.1, -0.05) is 13.8 Å². The highest BCUT2D eigenvalue weighted by Crippen LogP contribution is 1.98. The molecule has 0 saturated heterocycles. The molecule has 0 saturated carbocycles. The van der Waals surface area contributed by atoms with Gasteiger partial charge in [-0.15, -0.1) is 0 Å². The highest BCUT2D eigenvalue weighted by molar-refractivity contribution is 5.77. The molecule has 1 amide bonds. The van der Waals surface area contributed by atoms with Gasteiger partial charge in [0.1, 0.15) is 0 Å². The van der Waals surface area contributed by atoms with Crippen LogP contribution >= 0.6 is 0 Å². The summed E-state index contributed by atoms with van der Waals surface area (Å²) in [6.45, 7) is 5.23. The van der Waals surface area contributed by atoms with Crippen LogP contribution in [0.3, 0.4) is 0 Å². The van der Waals surface area contributed by atoms with Gasteiger partial charge in [0.25, 0.3) is 0 Å². The summed E-state index contributed by atoms with van der Waals surface area (Å²) in [6.07, 6.45) is 0.884. The minimum atomic E-state index is 0.0952. The molecule has 0 aliphatic heterocycles. The van der Waals surface area contributed by atoms with Gasteiger partial charge in [-0.05, 0) is 13.0 Å². The zero-order valence-corrected chi connectivity index (χ0v) is 7.63. The fourth-order valence-electron chi connectivity index (χ4n) is 0.879. The Kier molecular flexibility index (Phi) is 4.86. The number of hydrogen-bond donors (Lipinski definition) is 1. The highest BCUT2D eigenvalue weighted by Gasteiger charge is 2.11. The number of hydrogen-bond acceptors (Lipinski definition) is 2. The van der Waals surface area contributed by atoms with Crippen LogP contribution in [0.1, 0.15) is 20.3 Å². The quantitative estimate of drug-likeness (QED) is 0.645. The van der Waals surface area contributed by atoms with Crippen LogP contribution in [-0.2, 0) is 4.79 Å². The number of carbonyl (C=O) groups is 1. The SMILES string of the molecule is CC(C)C(=O)N(C)CCCN. The number of carbonyl (C=O) groups excluding carboxylic acids is 1. The third-order valence-corrected chi connectivity index (χ3v) is 1.57.